The van der Waals surface area contributed by atoms with Crippen molar-refractivity contribution in [2.24, 2.45) is 0 Å². The average Bonchev–Trinajstić information content (AvgIpc) is 2.55. The van der Waals surface area contributed by atoms with Crippen LogP contribution in [0.1, 0.15) is 18.1 Å². The topological polar surface area (TPSA) is 70.6 Å². The number of sulfonamides is 1. The van der Waals surface area contributed by atoms with E-state index in [1.54, 1.807) is 29.4 Å². The molecule has 0 saturated carbocycles. The number of hydrogen-bond donors (Lipinski definition) is 0. The fourth-order valence-electron chi connectivity index (χ4n) is 2.52. The van der Waals surface area contributed by atoms with Crippen molar-refractivity contribution >= 4 is 21.6 Å². The Kier molecular flexibility index (Phi) is 6.27. The molecule has 0 aliphatic rings. The smallest absolute Gasteiger partial charge is 0.242 e. The van der Waals surface area contributed by atoms with Crippen molar-refractivity contribution in [1.82, 2.24) is 9.29 Å². The summed E-state index contributed by atoms with van der Waals surface area (Å²) in [7, 11) is -3.52. The molecule has 7 heteroatoms. The van der Waals surface area contributed by atoms with Gasteiger partial charge in [-0.2, -0.15) is 4.31 Å². The van der Waals surface area contributed by atoms with Gasteiger partial charge < -0.3 is 4.90 Å². The first-order valence-corrected chi connectivity index (χ1v) is 9.87. The van der Waals surface area contributed by atoms with Crippen LogP contribution >= 0.6 is 0 Å². The van der Waals surface area contributed by atoms with Crippen LogP contribution < -0.4 is 4.90 Å². The summed E-state index contributed by atoms with van der Waals surface area (Å²) in [5.41, 5.74) is 2.59. The molecule has 2 rings (SSSR count). The van der Waals surface area contributed by atoms with Gasteiger partial charge in [0.05, 0.1) is 12.8 Å². The second kappa shape index (κ2) is 8.22. The van der Waals surface area contributed by atoms with Gasteiger partial charge in [0, 0.05) is 31.2 Å². The van der Waals surface area contributed by atoms with E-state index in [4.69, 9.17) is 0 Å². The van der Waals surface area contributed by atoms with Crippen LogP contribution in [0.25, 0.3) is 0 Å². The van der Waals surface area contributed by atoms with Crippen LogP contribution in [0.15, 0.2) is 48.8 Å². The van der Waals surface area contributed by atoms with E-state index >= 15 is 0 Å². The van der Waals surface area contributed by atoms with E-state index in [1.165, 1.54) is 4.31 Å². The predicted octanol–water partition coefficient (Wildman–Crippen LogP) is 2.20. The van der Waals surface area contributed by atoms with Crippen molar-refractivity contribution in [2.45, 2.75) is 20.4 Å². The molecule has 0 aliphatic heterocycles. The molecule has 0 aliphatic carbocycles. The van der Waals surface area contributed by atoms with E-state index in [0.29, 0.717) is 6.54 Å². The first kappa shape index (κ1) is 19.1. The third kappa shape index (κ3) is 5.37. The maximum absolute atomic E-state index is 12.7. The molecule has 25 heavy (non-hydrogen) atoms. The zero-order valence-corrected chi connectivity index (χ0v) is 15.5. The number of anilines is 1. The summed E-state index contributed by atoms with van der Waals surface area (Å²) in [4.78, 5) is 18.3. The predicted molar refractivity (Wildman–Crippen MR) is 98.7 cm³/mol. The molecule has 2 aromatic rings. The maximum Gasteiger partial charge on any atom is 0.242 e. The van der Waals surface area contributed by atoms with Crippen molar-refractivity contribution < 1.29 is 13.2 Å². The minimum absolute atomic E-state index is 0.137. The summed E-state index contributed by atoms with van der Waals surface area (Å²) in [5.74, 6) is -0.257. The molecule has 1 aromatic heterocycles. The van der Waals surface area contributed by atoms with E-state index in [2.05, 4.69) is 4.98 Å². The Bertz CT molecular complexity index is 822. The quantitative estimate of drug-likeness (QED) is 0.758. The Labute approximate surface area is 149 Å². The molecule has 0 unspecified atom stereocenters. The second-order valence-electron chi connectivity index (χ2n) is 5.86. The molecule has 0 fully saturated rings. The minimum Gasteiger partial charge on any atom is -0.312 e. The van der Waals surface area contributed by atoms with Gasteiger partial charge in [0.25, 0.3) is 0 Å². The molecular weight excluding hydrogens is 338 g/mol. The number of rotatable bonds is 7. The Morgan fingerprint density at radius 3 is 2.40 bits per heavy atom. The van der Waals surface area contributed by atoms with Gasteiger partial charge in [-0.1, -0.05) is 12.1 Å². The van der Waals surface area contributed by atoms with E-state index in [9.17, 15) is 13.2 Å². The molecule has 1 amide bonds. The number of hydrogen-bond acceptors (Lipinski definition) is 4. The second-order valence-corrected chi connectivity index (χ2v) is 7.85. The largest absolute Gasteiger partial charge is 0.312 e. The van der Waals surface area contributed by atoms with Crippen molar-refractivity contribution in [3.05, 3.63) is 59.9 Å². The number of amides is 1. The lowest BCUT2D eigenvalue weighted by molar-refractivity contribution is -0.118. The van der Waals surface area contributed by atoms with Crippen LogP contribution in [0.4, 0.5) is 5.69 Å². The van der Waals surface area contributed by atoms with E-state index in [1.807, 2.05) is 38.1 Å². The van der Waals surface area contributed by atoms with Gasteiger partial charge in [-0.3, -0.25) is 9.78 Å². The average molecular weight is 361 g/mol. The number of carbonyl (C=O) groups excluding carboxylic acids is 1. The Morgan fingerprint density at radius 1 is 1.16 bits per heavy atom. The standard InChI is InChI=1S/C18H23N3O3S/c1-4-21(17-7-5-6-15(2)12-17)18(22)14-20(25(3,23)24)13-16-8-10-19-11-9-16/h5-12H,4,13-14H2,1-3H3. The Morgan fingerprint density at radius 2 is 1.84 bits per heavy atom. The highest BCUT2D eigenvalue weighted by atomic mass is 32.2. The summed E-state index contributed by atoms with van der Waals surface area (Å²) < 4.78 is 25.4. The minimum atomic E-state index is -3.52. The molecule has 0 saturated heterocycles. The highest BCUT2D eigenvalue weighted by Crippen LogP contribution is 2.17. The third-order valence-corrected chi connectivity index (χ3v) is 5.02. The van der Waals surface area contributed by atoms with Crippen molar-refractivity contribution in [2.75, 3.05) is 24.2 Å². The zero-order chi connectivity index (χ0) is 18.4. The molecule has 1 aromatic carbocycles. The lowest BCUT2D eigenvalue weighted by Gasteiger charge is -2.26. The summed E-state index contributed by atoms with van der Waals surface area (Å²) in [6.45, 7) is 4.22. The SMILES string of the molecule is CCN(C(=O)CN(Cc1ccncc1)S(C)(=O)=O)c1cccc(C)c1. The third-order valence-electron chi connectivity index (χ3n) is 3.82. The number of aryl methyl sites for hydroxylation is 1. The molecule has 1 heterocycles. The summed E-state index contributed by atoms with van der Waals surface area (Å²) in [6.07, 6.45) is 4.32. The van der Waals surface area contributed by atoms with Crippen LogP contribution in [0.5, 0.6) is 0 Å². The van der Waals surface area contributed by atoms with Gasteiger partial charge in [-0.05, 0) is 49.2 Å². The molecule has 0 radical (unpaired) electrons. The van der Waals surface area contributed by atoms with Gasteiger partial charge in [-0.15, -0.1) is 0 Å². The van der Waals surface area contributed by atoms with Crippen LogP contribution in [0, 0.1) is 6.92 Å². The summed E-state index contributed by atoms with van der Waals surface area (Å²) >= 11 is 0. The number of carbonyl (C=O) groups is 1. The van der Waals surface area contributed by atoms with Crippen LogP contribution in [-0.4, -0.2) is 43.0 Å². The summed E-state index contributed by atoms with van der Waals surface area (Å²) in [6, 6.07) is 11.1. The van der Waals surface area contributed by atoms with Gasteiger partial charge in [0.1, 0.15) is 0 Å². The maximum atomic E-state index is 12.7. The van der Waals surface area contributed by atoms with E-state index in [0.717, 1.165) is 23.1 Å². The number of pyridine rings is 1. The first-order chi connectivity index (χ1) is 11.8. The lowest BCUT2D eigenvalue weighted by atomic mass is 10.2. The fraction of sp³-hybridized carbons (Fsp3) is 0.333. The molecule has 0 atom stereocenters. The normalized spacial score (nSPS) is 11.5. The Hall–Kier alpha value is -2.25. The van der Waals surface area contributed by atoms with Gasteiger partial charge in [0.15, 0.2) is 0 Å². The highest BCUT2D eigenvalue weighted by molar-refractivity contribution is 7.88. The summed E-state index contributed by atoms with van der Waals surface area (Å²) in [5, 5.41) is 0. The molecular formula is C18H23N3O3S. The number of aromatic nitrogens is 1. The lowest BCUT2D eigenvalue weighted by Crippen LogP contribution is -2.42. The number of likely N-dealkylation sites (N-methyl/N-ethyl adjacent to an activating group) is 1. The molecule has 134 valence electrons. The molecule has 0 N–H and O–H groups in total. The highest BCUT2D eigenvalue weighted by Gasteiger charge is 2.24. The van der Waals surface area contributed by atoms with Gasteiger partial charge >= 0.3 is 0 Å². The Balaban J connectivity index is 2.20. The first-order valence-electron chi connectivity index (χ1n) is 8.02. The number of benzene rings is 1. The van der Waals surface area contributed by atoms with E-state index < -0.39 is 10.0 Å². The molecule has 0 bridgehead atoms. The fourth-order valence-corrected chi connectivity index (χ4v) is 3.25. The van der Waals surface area contributed by atoms with E-state index in [-0.39, 0.29) is 19.0 Å². The van der Waals surface area contributed by atoms with Crippen molar-refractivity contribution in [3.8, 4) is 0 Å². The van der Waals surface area contributed by atoms with Crippen molar-refractivity contribution in [3.63, 3.8) is 0 Å². The zero-order valence-electron chi connectivity index (χ0n) is 14.7. The van der Waals surface area contributed by atoms with Crippen LogP contribution in [-0.2, 0) is 21.4 Å². The van der Waals surface area contributed by atoms with Gasteiger partial charge in [-0.25, -0.2) is 8.42 Å². The van der Waals surface area contributed by atoms with Gasteiger partial charge in [0.2, 0.25) is 15.9 Å². The molecule has 0 spiro atoms. The van der Waals surface area contributed by atoms with Crippen LogP contribution in [0.2, 0.25) is 0 Å². The number of nitrogens with zero attached hydrogens (tertiary/aromatic N) is 3. The molecule has 6 nitrogen and oxygen atoms in total. The van der Waals surface area contributed by atoms with Crippen molar-refractivity contribution in [1.29, 1.82) is 0 Å². The van der Waals surface area contributed by atoms with Crippen LogP contribution in [0.3, 0.4) is 0 Å². The monoisotopic (exact) mass is 361 g/mol.